The molecular formula is C20H31N3O2. The van der Waals surface area contributed by atoms with Crippen molar-refractivity contribution in [3.63, 3.8) is 0 Å². The second-order valence-electron chi connectivity index (χ2n) is 7.87. The minimum absolute atomic E-state index is 0.0275. The average Bonchev–Trinajstić information content (AvgIpc) is 2.52. The second-order valence-corrected chi connectivity index (χ2v) is 7.87. The summed E-state index contributed by atoms with van der Waals surface area (Å²) in [6.45, 7) is 11.6. The summed E-state index contributed by atoms with van der Waals surface area (Å²) in [6, 6.07) is 8.39. The molecule has 1 heterocycles. The van der Waals surface area contributed by atoms with Crippen molar-refractivity contribution in [2.75, 3.05) is 19.6 Å². The third kappa shape index (κ3) is 5.05. The number of nitrogens with one attached hydrogen (secondary N) is 2. The molecule has 2 N–H and O–H groups in total. The third-order valence-corrected chi connectivity index (χ3v) is 4.85. The van der Waals surface area contributed by atoms with E-state index in [1.807, 2.05) is 25.7 Å². The maximum absolute atomic E-state index is 12.4. The highest BCUT2D eigenvalue weighted by Gasteiger charge is 2.38. The van der Waals surface area contributed by atoms with Crippen LogP contribution < -0.4 is 10.6 Å². The molecule has 5 nitrogen and oxygen atoms in total. The molecule has 1 unspecified atom stereocenters. The van der Waals surface area contributed by atoms with Gasteiger partial charge in [0, 0.05) is 13.1 Å². The molecule has 0 bridgehead atoms. The van der Waals surface area contributed by atoms with E-state index in [9.17, 15) is 9.59 Å². The Balaban J connectivity index is 1.92. The molecule has 1 atom stereocenters. The van der Waals surface area contributed by atoms with Gasteiger partial charge in [-0.05, 0) is 44.2 Å². The van der Waals surface area contributed by atoms with Crippen molar-refractivity contribution in [3.05, 3.63) is 35.4 Å². The summed E-state index contributed by atoms with van der Waals surface area (Å²) in [6.07, 6.45) is 1.06. The molecule has 0 radical (unpaired) electrons. The molecule has 1 aromatic rings. The maximum atomic E-state index is 12.4. The zero-order chi connectivity index (χ0) is 18.6. The number of benzene rings is 1. The lowest BCUT2D eigenvalue weighted by molar-refractivity contribution is -0.137. The van der Waals surface area contributed by atoms with Gasteiger partial charge in [-0.15, -0.1) is 0 Å². The van der Waals surface area contributed by atoms with Crippen molar-refractivity contribution in [1.82, 2.24) is 15.5 Å². The Morgan fingerprint density at radius 3 is 2.48 bits per heavy atom. The fourth-order valence-electron chi connectivity index (χ4n) is 3.18. The van der Waals surface area contributed by atoms with E-state index in [2.05, 4.69) is 48.7 Å². The number of piperazine rings is 1. The van der Waals surface area contributed by atoms with Gasteiger partial charge in [0.1, 0.15) is 0 Å². The second kappa shape index (κ2) is 8.00. The zero-order valence-electron chi connectivity index (χ0n) is 16.1. The first-order chi connectivity index (χ1) is 11.7. The van der Waals surface area contributed by atoms with E-state index in [0.29, 0.717) is 19.0 Å². The van der Waals surface area contributed by atoms with Gasteiger partial charge in [-0.25, -0.2) is 0 Å². The van der Waals surface area contributed by atoms with E-state index < -0.39 is 5.54 Å². The topological polar surface area (TPSA) is 61.4 Å². The lowest BCUT2D eigenvalue weighted by atomic mass is 9.98. The first-order valence-electron chi connectivity index (χ1n) is 9.11. The molecule has 0 spiro atoms. The van der Waals surface area contributed by atoms with Crippen molar-refractivity contribution in [1.29, 1.82) is 0 Å². The smallest absolute Gasteiger partial charge is 0.240 e. The van der Waals surface area contributed by atoms with Crippen LogP contribution in [-0.4, -0.2) is 41.9 Å². The highest BCUT2D eigenvalue weighted by Crippen LogP contribution is 2.18. The van der Waals surface area contributed by atoms with Crippen LogP contribution in [0.4, 0.5) is 0 Å². The molecule has 1 saturated heterocycles. The standard InChI is InChI=1S/C20H31N3O2/c1-14(2)12-16-6-8-17(9-7-16)15(3)22-18(24)13-23-11-10-21-19(25)20(23,4)5/h6-9,14-15H,10-13H2,1-5H3,(H,21,25)(H,22,24). The van der Waals surface area contributed by atoms with Crippen molar-refractivity contribution in [2.24, 2.45) is 5.92 Å². The van der Waals surface area contributed by atoms with Crippen LogP contribution in [0.3, 0.4) is 0 Å². The van der Waals surface area contributed by atoms with E-state index in [1.54, 1.807) is 0 Å². The molecular weight excluding hydrogens is 314 g/mol. The van der Waals surface area contributed by atoms with Gasteiger partial charge in [-0.2, -0.15) is 0 Å². The first-order valence-corrected chi connectivity index (χ1v) is 9.11. The average molecular weight is 345 g/mol. The number of hydrogen-bond donors (Lipinski definition) is 2. The normalized spacial score (nSPS) is 18.7. The molecule has 2 rings (SSSR count). The van der Waals surface area contributed by atoms with Crippen molar-refractivity contribution in [3.8, 4) is 0 Å². The zero-order valence-corrected chi connectivity index (χ0v) is 16.1. The molecule has 0 aromatic heterocycles. The summed E-state index contributed by atoms with van der Waals surface area (Å²) < 4.78 is 0. The maximum Gasteiger partial charge on any atom is 0.240 e. The van der Waals surface area contributed by atoms with Crippen LogP contribution in [0.1, 0.15) is 51.8 Å². The molecule has 1 aromatic carbocycles. The Kier molecular flexibility index (Phi) is 6.22. The largest absolute Gasteiger partial charge is 0.353 e. The monoisotopic (exact) mass is 345 g/mol. The molecule has 25 heavy (non-hydrogen) atoms. The SMILES string of the molecule is CC(C)Cc1ccc(C(C)NC(=O)CN2CCNC(=O)C2(C)C)cc1. The fraction of sp³-hybridized carbons (Fsp3) is 0.600. The molecule has 0 saturated carbocycles. The van der Waals surface area contributed by atoms with E-state index in [-0.39, 0.29) is 24.4 Å². The number of amides is 2. The summed E-state index contributed by atoms with van der Waals surface area (Å²) in [5, 5.41) is 5.89. The summed E-state index contributed by atoms with van der Waals surface area (Å²) in [7, 11) is 0. The van der Waals surface area contributed by atoms with Gasteiger partial charge in [0.15, 0.2) is 0 Å². The number of rotatable bonds is 6. The first kappa shape index (κ1) is 19.4. The van der Waals surface area contributed by atoms with Gasteiger partial charge in [-0.1, -0.05) is 38.1 Å². The van der Waals surface area contributed by atoms with E-state index in [1.165, 1.54) is 5.56 Å². The lowest BCUT2D eigenvalue weighted by Crippen LogP contribution is -2.63. The lowest BCUT2D eigenvalue weighted by Gasteiger charge is -2.40. The molecule has 1 fully saturated rings. The van der Waals surface area contributed by atoms with Crippen molar-refractivity contribution >= 4 is 11.8 Å². The Bertz CT molecular complexity index is 608. The molecule has 0 aliphatic carbocycles. The van der Waals surface area contributed by atoms with Gasteiger partial charge in [0.05, 0.1) is 18.1 Å². The van der Waals surface area contributed by atoms with Gasteiger partial charge in [0.25, 0.3) is 0 Å². The number of carbonyl (C=O) groups excluding carboxylic acids is 2. The Hall–Kier alpha value is -1.88. The minimum Gasteiger partial charge on any atom is -0.353 e. The number of nitrogens with zero attached hydrogens (tertiary/aromatic N) is 1. The number of carbonyl (C=O) groups is 2. The number of hydrogen-bond acceptors (Lipinski definition) is 3. The van der Waals surface area contributed by atoms with E-state index >= 15 is 0 Å². The summed E-state index contributed by atoms with van der Waals surface area (Å²) >= 11 is 0. The predicted octanol–water partition coefficient (Wildman–Crippen LogP) is 2.27. The Morgan fingerprint density at radius 2 is 1.88 bits per heavy atom. The minimum atomic E-state index is -0.655. The van der Waals surface area contributed by atoms with Crippen LogP contribution in [-0.2, 0) is 16.0 Å². The summed E-state index contributed by atoms with van der Waals surface area (Å²) in [4.78, 5) is 26.3. The Labute approximate surface area is 151 Å². The van der Waals surface area contributed by atoms with Gasteiger partial charge < -0.3 is 10.6 Å². The molecule has 2 amide bonds. The molecule has 5 heteroatoms. The Morgan fingerprint density at radius 1 is 1.24 bits per heavy atom. The van der Waals surface area contributed by atoms with Gasteiger partial charge >= 0.3 is 0 Å². The highest BCUT2D eigenvalue weighted by atomic mass is 16.2. The molecule has 1 aliphatic heterocycles. The fourth-order valence-corrected chi connectivity index (χ4v) is 3.18. The van der Waals surface area contributed by atoms with Crippen LogP contribution in [0, 0.1) is 5.92 Å². The van der Waals surface area contributed by atoms with E-state index in [4.69, 9.17) is 0 Å². The van der Waals surface area contributed by atoms with E-state index in [0.717, 1.165) is 12.0 Å². The van der Waals surface area contributed by atoms with Crippen molar-refractivity contribution in [2.45, 2.75) is 52.6 Å². The predicted molar refractivity (Wildman–Crippen MR) is 100 cm³/mol. The highest BCUT2D eigenvalue weighted by molar-refractivity contribution is 5.87. The molecule has 138 valence electrons. The van der Waals surface area contributed by atoms with Crippen LogP contribution >= 0.6 is 0 Å². The van der Waals surface area contributed by atoms with Crippen LogP contribution in [0.5, 0.6) is 0 Å². The van der Waals surface area contributed by atoms with Crippen LogP contribution in [0.15, 0.2) is 24.3 Å². The van der Waals surface area contributed by atoms with Gasteiger partial charge in [0.2, 0.25) is 11.8 Å². The quantitative estimate of drug-likeness (QED) is 0.831. The summed E-state index contributed by atoms with van der Waals surface area (Å²) in [5.41, 5.74) is 1.76. The van der Waals surface area contributed by atoms with Crippen LogP contribution in [0.2, 0.25) is 0 Å². The molecule has 1 aliphatic rings. The van der Waals surface area contributed by atoms with Crippen molar-refractivity contribution < 1.29 is 9.59 Å². The summed E-state index contributed by atoms with van der Waals surface area (Å²) in [5.74, 6) is 0.551. The van der Waals surface area contributed by atoms with Crippen LogP contribution in [0.25, 0.3) is 0 Å². The van der Waals surface area contributed by atoms with Gasteiger partial charge in [-0.3, -0.25) is 14.5 Å². The third-order valence-electron chi connectivity index (χ3n) is 4.85.